The summed E-state index contributed by atoms with van der Waals surface area (Å²) in [6.07, 6.45) is 5.69. The van der Waals surface area contributed by atoms with Crippen molar-refractivity contribution in [2.24, 2.45) is 0 Å². The van der Waals surface area contributed by atoms with Crippen molar-refractivity contribution in [3.63, 3.8) is 0 Å². The summed E-state index contributed by atoms with van der Waals surface area (Å²) in [6, 6.07) is 84.9. The molecule has 2 aliphatic carbocycles. The first-order chi connectivity index (χ1) is 41.6. The van der Waals surface area contributed by atoms with E-state index in [0.717, 1.165) is 24.9 Å². The Bertz CT molecular complexity index is 4370. The highest BCUT2D eigenvalue weighted by atomic mass is 15.3. The molecule has 4 heteroatoms. The zero-order valence-corrected chi connectivity index (χ0v) is 53.2. The van der Waals surface area contributed by atoms with Gasteiger partial charge >= 0.3 is 0 Å². The first-order valence-electron chi connectivity index (χ1n) is 32.2. The van der Waals surface area contributed by atoms with Crippen LogP contribution < -0.4 is 31.1 Å². The van der Waals surface area contributed by atoms with Crippen molar-refractivity contribution in [1.29, 1.82) is 0 Å². The van der Waals surface area contributed by atoms with Gasteiger partial charge in [0.1, 0.15) is 0 Å². The van der Waals surface area contributed by atoms with Crippen molar-refractivity contribution >= 4 is 68.6 Å². The topological polar surface area (TPSA) is 9.72 Å². The van der Waals surface area contributed by atoms with E-state index in [1.54, 1.807) is 0 Å². The second-order valence-electron chi connectivity index (χ2n) is 30.0. The van der Waals surface area contributed by atoms with Gasteiger partial charge in [-0.15, -0.1) is 0 Å². The molecule has 0 aromatic heterocycles. The van der Waals surface area contributed by atoms with Crippen LogP contribution in [0.4, 0.5) is 45.5 Å². The molecular weight excluding hydrogens is 1050 g/mol. The molecule has 432 valence electrons. The summed E-state index contributed by atoms with van der Waals surface area (Å²) >= 11 is 0. The average molecular weight is 1130 g/mol. The number of anilines is 8. The lowest BCUT2D eigenvalue weighted by Crippen LogP contribution is -2.62. The summed E-state index contributed by atoms with van der Waals surface area (Å²) in [6.45, 7) is 29.1. The highest BCUT2D eigenvalue weighted by Crippen LogP contribution is 2.63. The van der Waals surface area contributed by atoms with Crippen molar-refractivity contribution in [1.82, 2.24) is 0 Å². The van der Waals surface area contributed by atoms with Crippen molar-refractivity contribution in [2.75, 3.05) is 14.7 Å². The highest BCUT2D eigenvalue weighted by molar-refractivity contribution is 7.00. The number of hydrogen-bond donors (Lipinski definition) is 0. The fourth-order valence-corrected chi connectivity index (χ4v) is 16.9. The smallest absolute Gasteiger partial charge is 0.252 e. The van der Waals surface area contributed by atoms with Crippen LogP contribution in [-0.4, -0.2) is 12.3 Å². The SMILES string of the molecule is CC(C)(C)c1ccc(-c2ccc3c(c2)C2(C)CCCCC2(C)N3c2cc3c4c(c2)N(c2ccc(C(C)(C)C)cc2-c2ccccc2)c2cc5c(cc2B4c2ccc(-c4ccccc4)cc2N3c2cccc(-c3ccccc3)c2)C(C)(C)CC5(C)C)cc1. The predicted molar refractivity (Wildman–Crippen MR) is 373 cm³/mol. The van der Waals surface area contributed by atoms with Gasteiger partial charge in [0, 0.05) is 50.8 Å². The molecule has 3 aliphatic heterocycles. The number of benzene rings is 10. The van der Waals surface area contributed by atoms with E-state index in [1.807, 2.05) is 0 Å². The van der Waals surface area contributed by atoms with Crippen molar-refractivity contribution in [3.8, 4) is 44.5 Å². The lowest BCUT2D eigenvalue weighted by atomic mass is 9.33. The maximum absolute atomic E-state index is 2.84. The first kappa shape index (κ1) is 55.3. The van der Waals surface area contributed by atoms with Crippen LogP contribution in [0.15, 0.2) is 218 Å². The standard InChI is InChI=1S/C83H82BN3/c1-78(2,3)61-37-33-56(34-38-61)59-36-41-72-68(46-59)82(11)43-22-23-44-83(82,12)87(72)64-49-75-77-76(50-64)86(71-42-39-62(79(4,5)6)48-65(71)57-29-20-15-21-30-57)74-52-67-66(80(7,8)53-81(67,9)10)51-70(74)84(77)69-40-35-60(55-27-18-14-19-28-55)47-73(69)85(75)63-32-24-31-58(45-63)54-25-16-13-17-26-54/h13-21,24-42,45-52H,22-23,43-44,53H2,1-12H3. The molecule has 0 N–H and O–H groups in total. The third-order valence-electron chi connectivity index (χ3n) is 21.5. The van der Waals surface area contributed by atoms with Crippen molar-refractivity contribution in [3.05, 3.63) is 246 Å². The number of fused-ring (bicyclic) bond motifs is 8. The summed E-state index contributed by atoms with van der Waals surface area (Å²) in [5.74, 6) is 0. The minimum atomic E-state index is -0.231. The van der Waals surface area contributed by atoms with Crippen LogP contribution >= 0.6 is 0 Å². The minimum Gasteiger partial charge on any atom is -0.334 e. The molecule has 10 aromatic carbocycles. The Labute approximate surface area is 518 Å². The quantitative estimate of drug-likeness (QED) is 0.147. The Hall–Kier alpha value is -8.34. The molecule has 0 saturated heterocycles. The monoisotopic (exact) mass is 1130 g/mol. The molecule has 1 saturated carbocycles. The molecule has 15 rings (SSSR count). The van der Waals surface area contributed by atoms with Crippen LogP contribution in [0.3, 0.4) is 0 Å². The molecule has 1 fully saturated rings. The maximum atomic E-state index is 2.84. The Morgan fingerprint density at radius 2 is 0.874 bits per heavy atom. The van der Waals surface area contributed by atoms with Crippen LogP contribution in [0.1, 0.15) is 143 Å². The highest BCUT2D eigenvalue weighted by Gasteiger charge is 2.58. The normalized spacial score (nSPS) is 19.4. The zero-order chi connectivity index (χ0) is 60.2. The molecule has 5 aliphatic rings. The molecule has 2 atom stereocenters. The molecule has 0 radical (unpaired) electrons. The van der Waals surface area contributed by atoms with E-state index in [9.17, 15) is 0 Å². The molecule has 0 bridgehead atoms. The van der Waals surface area contributed by atoms with E-state index in [4.69, 9.17) is 0 Å². The average Bonchev–Trinajstić information content (AvgIpc) is 1.68. The molecular formula is C83H82BN3. The third-order valence-corrected chi connectivity index (χ3v) is 21.5. The number of nitrogens with zero attached hydrogens (tertiary/aromatic N) is 3. The van der Waals surface area contributed by atoms with E-state index in [1.165, 1.54) is 141 Å². The van der Waals surface area contributed by atoms with Crippen LogP contribution in [0, 0.1) is 0 Å². The zero-order valence-electron chi connectivity index (χ0n) is 53.2. The Morgan fingerprint density at radius 3 is 1.53 bits per heavy atom. The van der Waals surface area contributed by atoms with Gasteiger partial charge in [-0.2, -0.15) is 0 Å². The van der Waals surface area contributed by atoms with E-state index >= 15 is 0 Å². The fraction of sp³-hybridized carbons (Fsp3) is 0.277. The molecule has 3 nitrogen and oxygen atoms in total. The van der Waals surface area contributed by atoms with Crippen molar-refractivity contribution < 1.29 is 0 Å². The molecule has 2 unspecified atom stereocenters. The van der Waals surface area contributed by atoms with Crippen LogP contribution in [0.5, 0.6) is 0 Å². The maximum Gasteiger partial charge on any atom is 0.252 e. The van der Waals surface area contributed by atoms with E-state index in [2.05, 4.69) is 316 Å². The molecule has 10 aromatic rings. The van der Waals surface area contributed by atoms with Crippen LogP contribution in [0.25, 0.3) is 44.5 Å². The second kappa shape index (κ2) is 19.6. The summed E-state index contributed by atoms with van der Waals surface area (Å²) in [5, 5.41) is 0. The van der Waals surface area contributed by atoms with Gasteiger partial charge in [0.15, 0.2) is 0 Å². The summed E-state index contributed by atoms with van der Waals surface area (Å²) < 4.78 is 0. The van der Waals surface area contributed by atoms with Gasteiger partial charge in [-0.1, -0.05) is 247 Å². The van der Waals surface area contributed by atoms with Crippen LogP contribution in [-0.2, 0) is 27.1 Å². The van der Waals surface area contributed by atoms with Gasteiger partial charge in [-0.25, -0.2) is 0 Å². The lowest BCUT2D eigenvalue weighted by Gasteiger charge is -2.51. The van der Waals surface area contributed by atoms with E-state index in [-0.39, 0.29) is 39.3 Å². The number of rotatable bonds is 7. The van der Waals surface area contributed by atoms with E-state index < -0.39 is 0 Å². The largest absolute Gasteiger partial charge is 0.334 e. The van der Waals surface area contributed by atoms with E-state index in [0.29, 0.717) is 0 Å². The van der Waals surface area contributed by atoms with Gasteiger partial charge in [-0.05, 0) is 192 Å². The number of hydrogen-bond acceptors (Lipinski definition) is 3. The Morgan fingerprint density at radius 1 is 0.356 bits per heavy atom. The third kappa shape index (κ3) is 8.65. The van der Waals surface area contributed by atoms with Gasteiger partial charge < -0.3 is 14.7 Å². The van der Waals surface area contributed by atoms with Gasteiger partial charge in [0.25, 0.3) is 6.71 Å². The second-order valence-corrected chi connectivity index (χ2v) is 30.0. The molecule has 87 heavy (non-hydrogen) atoms. The molecule has 3 heterocycles. The lowest BCUT2D eigenvalue weighted by molar-refractivity contribution is 0.195. The molecule has 0 amide bonds. The van der Waals surface area contributed by atoms with Gasteiger partial charge in [0.2, 0.25) is 0 Å². The van der Waals surface area contributed by atoms with Gasteiger partial charge in [-0.3, -0.25) is 0 Å². The first-order valence-corrected chi connectivity index (χ1v) is 32.2. The summed E-state index contributed by atoms with van der Waals surface area (Å²) in [5.41, 5.74) is 30.4. The predicted octanol–water partition coefficient (Wildman–Crippen LogP) is 20.7. The summed E-state index contributed by atoms with van der Waals surface area (Å²) in [7, 11) is 0. The van der Waals surface area contributed by atoms with Gasteiger partial charge in [0.05, 0.1) is 11.2 Å². The fourth-order valence-electron chi connectivity index (χ4n) is 16.9. The molecule has 0 spiro atoms. The van der Waals surface area contributed by atoms with Crippen molar-refractivity contribution in [2.45, 2.75) is 148 Å². The van der Waals surface area contributed by atoms with Crippen LogP contribution in [0.2, 0.25) is 0 Å². The summed E-state index contributed by atoms with van der Waals surface area (Å²) in [4.78, 5) is 8.26. The Kier molecular flexibility index (Phi) is 12.4. The Balaban J connectivity index is 1.07. The minimum absolute atomic E-state index is 0.0191.